The summed E-state index contributed by atoms with van der Waals surface area (Å²) in [6.07, 6.45) is 2.01. The Balaban J connectivity index is 1.60. The second kappa shape index (κ2) is 7.53. The van der Waals surface area contributed by atoms with Crippen molar-refractivity contribution in [3.05, 3.63) is 102 Å². The minimum Gasteiger partial charge on any atom is -0.321 e. The van der Waals surface area contributed by atoms with Crippen LogP contribution in [0.3, 0.4) is 0 Å². The van der Waals surface area contributed by atoms with E-state index in [2.05, 4.69) is 97.3 Å². The Labute approximate surface area is 190 Å². The fourth-order valence-electron chi connectivity index (χ4n) is 4.33. The highest BCUT2D eigenvalue weighted by Gasteiger charge is 2.19. The van der Waals surface area contributed by atoms with Gasteiger partial charge in [0.05, 0.1) is 16.1 Å². The van der Waals surface area contributed by atoms with Gasteiger partial charge in [-0.3, -0.25) is 0 Å². The van der Waals surface area contributed by atoms with Crippen LogP contribution in [0.1, 0.15) is 16.8 Å². The molecule has 156 valence electrons. The standard InChI is InChI=1S/C27H22N4S/c1-18-12-14-21(15-13-18)32-25-19(2)29-31-26(25)28-16-23-22-10-6-7-11-24(22)30(27(23)31)17-20-8-4-3-5-9-20/h3-16H,17H2,1-2H3. The molecule has 6 rings (SSSR count). The van der Waals surface area contributed by atoms with E-state index < -0.39 is 0 Å². The normalized spacial score (nSPS) is 11.7. The number of fused-ring (bicyclic) bond motifs is 5. The predicted octanol–water partition coefficient (Wildman–Crippen LogP) is 6.65. The van der Waals surface area contributed by atoms with E-state index in [-0.39, 0.29) is 0 Å². The zero-order valence-corrected chi connectivity index (χ0v) is 18.8. The van der Waals surface area contributed by atoms with Crippen molar-refractivity contribution in [2.75, 3.05) is 0 Å². The molecule has 0 fully saturated rings. The summed E-state index contributed by atoms with van der Waals surface area (Å²) in [5.74, 6) is 0. The lowest BCUT2D eigenvalue weighted by Crippen LogP contribution is -2.04. The van der Waals surface area contributed by atoms with Crippen molar-refractivity contribution in [2.24, 2.45) is 0 Å². The van der Waals surface area contributed by atoms with Gasteiger partial charge < -0.3 is 4.57 Å². The van der Waals surface area contributed by atoms with E-state index in [1.807, 2.05) is 10.7 Å². The lowest BCUT2D eigenvalue weighted by Gasteiger charge is -2.08. The molecular weight excluding hydrogens is 412 g/mol. The van der Waals surface area contributed by atoms with Gasteiger partial charge in [0, 0.05) is 28.4 Å². The van der Waals surface area contributed by atoms with Crippen LogP contribution in [0.4, 0.5) is 0 Å². The molecule has 3 aromatic heterocycles. The third-order valence-corrected chi connectivity index (χ3v) is 7.09. The largest absolute Gasteiger partial charge is 0.321 e. The van der Waals surface area contributed by atoms with Crippen LogP contribution in [0, 0.1) is 13.8 Å². The molecule has 0 radical (unpaired) electrons. The molecule has 3 heterocycles. The van der Waals surface area contributed by atoms with Gasteiger partial charge in [-0.1, -0.05) is 78.0 Å². The van der Waals surface area contributed by atoms with Crippen LogP contribution in [-0.4, -0.2) is 19.2 Å². The molecule has 0 bridgehead atoms. The van der Waals surface area contributed by atoms with E-state index in [9.17, 15) is 0 Å². The van der Waals surface area contributed by atoms with Gasteiger partial charge >= 0.3 is 0 Å². The SMILES string of the molecule is Cc1ccc(Sc2c(C)nn3c2ncc2c4ccccc4n(Cc4ccccc4)c23)cc1. The molecule has 0 aliphatic heterocycles. The minimum atomic E-state index is 0.781. The van der Waals surface area contributed by atoms with Crippen molar-refractivity contribution in [2.45, 2.75) is 30.2 Å². The molecule has 0 unspecified atom stereocenters. The molecule has 3 aromatic carbocycles. The summed E-state index contributed by atoms with van der Waals surface area (Å²) in [7, 11) is 0. The number of nitrogens with zero attached hydrogens (tertiary/aromatic N) is 4. The topological polar surface area (TPSA) is 35.1 Å². The van der Waals surface area contributed by atoms with Crippen molar-refractivity contribution < 1.29 is 0 Å². The average Bonchev–Trinajstić information content (AvgIpc) is 3.31. The van der Waals surface area contributed by atoms with Crippen molar-refractivity contribution in [1.29, 1.82) is 0 Å². The van der Waals surface area contributed by atoms with Crippen LogP contribution < -0.4 is 0 Å². The molecular formula is C27H22N4S. The highest BCUT2D eigenvalue weighted by Crippen LogP contribution is 2.36. The van der Waals surface area contributed by atoms with Crippen molar-refractivity contribution in [3.8, 4) is 0 Å². The van der Waals surface area contributed by atoms with Gasteiger partial charge in [0.2, 0.25) is 0 Å². The third kappa shape index (κ3) is 3.09. The molecule has 5 heteroatoms. The maximum atomic E-state index is 4.97. The third-order valence-electron chi connectivity index (χ3n) is 5.90. The Bertz CT molecular complexity index is 1580. The lowest BCUT2D eigenvalue weighted by molar-refractivity contribution is 0.820. The molecule has 0 saturated heterocycles. The molecule has 0 spiro atoms. The molecule has 0 amide bonds. The Morgan fingerprint density at radius 3 is 2.38 bits per heavy atom. The van der Waals surface area contributed by atoms with Gasteiger partial charge in [0.1, 0.15) is 5.65 Å². The van der Waals surface area contributed by atoms with Crippen LogP contribution in [0.2, 0.25) is 0 Å². The van der Waals surface area contributed by atoms with Crippen molar-refractivity contribution in [3.63, 3.8) is 0 Å². The van der Waals surface area contributed by atoms with Crippen LogP contribution in [0.5, 0.6) is 0 Å². The van der Waals surface area contributed by atoms with Crippen LogP contribution in [-0.2, 0) is 6.54 Å². The molecule has 6 aromatic rings. The van der Waals surface area contributed by atoms with Crippen LogP contribution >= 0.6 is 11.8 Å². The molecule has 0 aliphatic carbocycles. The second-order valence-electron chi connectivity index (χ2n) is 8.15. The van der Waals surface area contributed by atoms with Gasteiger partial charge in [-0.25, -0.2) is 4.98 Å². The average molecular weight is 435 g/mol. The summed E-state index contributed by atoms with van der Waals surface area (Å²) < 4.78 is 4.39. The number of para-hydroxylation sites is 1. The van der Waals surface area contributed by atoms with Crippen molar-refractivity contribution in [1.82, 2.24) is 19.2 Å². The smallest absolute Gasteiger partial charge is 0.171 e. The van der Waals surface area contributed by atoms with Gasteiger partial charge in [-0.05, 0) is 37.6 Å². The van der Waals surface area contributed by atoms with E-state index in [4.69, 9.17) is 10.1 Å². The summed E-state index contributed by atoms with van der Waals surface area (Å²) in [5.41, 5.74) is 6.69. The Hall–Kier alpha value is -3.57. The summed E-state index contributed by atoms with van der Waals surface area (Å²) in [6.45, 7) is 4.96. The maximum absolute atomic E-state index is 4.97. The Morgan fingerprint density at radius 2 is 1.56 bits per heavy atom. The summed E-state index contributed by atoms with van der Waals surface area (Å²) in [5, 5.41) is 7.29. The Morgan fingerprint density at radius 1 is 0.812 bits per heavy atom. The van der Waals surface area contributed by atoms with Gasteiger partial charge in [0.25, 0.3) is 0 Å². The zero-order valence-electron chi connectivity index (χ0n) is 18.0. The van der Waals surface area contributed by atoms with Crippen LogP contribution in [0.15, 0.2) is 94.9 Å². The molecule has 32 heavy (non-hydrogen) atoms. The molecule has 0 atom stereocenters. The summed E-state index contributed by atoms with van der Waals surface area (Å²) in [6, 6.07) is 27.7. The quantitative estimate of drug-likeness (QED) is 0.311. The van der Waals surface area contributed by atoms with Crippen molar-refractivity contribution >= 4 is 39.3 Å². The van der Waals surface area contributed by atoms with E-state index in [1.54, 1.807) is 11.8 Å². The highest BCUT2D eigenvalue weighted by atomic mass is 32.2. The molecule has 0 N–H and O–H groups in total. The lowest BCUT2D eigenvalue weighted by atomic mass is 10.2. The molecule has 4 nitrogen and oxygen atoms in total. The number of hydrogen-bond acceptors (Lipinski definition) is 3. The van der Waals surface area contributed by atoms with Gasteiger partial charge in [-0.15, -0.1) is 0 Å². The first-order chi connectivity index (χ1) is 15.7. The fraction of sp³-hybridized carbons (Fsp3) is 0.111. The summed E-state index contributed by atoms with van der Waals surface area (Å²) in [4.78, 5) is 7.18. The first-order valence-electron chi connectivity index (χ1n) is 10.7. The van der Waals surface area contributed by atoms with Crippen LogP contribution in [0.25, 0.3) is 27.6 Å². The highest BCUT2D eigenvalue weighted by molar-refractivity contribution is 7.99. The van der Waals surface area contributed by atoms with Gasteiger partial charge in [-0.2, -0.15) is 9.61 Å². The van der Waals surface area contributed by atoms with E-state index in [1.165, 1.54) is 26.9 Å². The molecule has 0 saturated carbocycles. The predicted molar refractivity (Wildman–Crippen MR) is 132 cm³/mol. The van der Waals surface area contributed by atoms with E-state index in [0.717, 1.165) is 33.8 Å². The number of aromatic nitrogens is 4. The van der Waals surface area contributed by atoms with E-state index >= 15 is 0 Å². The minimum absolute atomic E-state index is 0.781. The zero-order chi connectivity index (χ0) is 21.7. The number of rotatable bonds is 4. The fourth-order valence-corrected chi connectivity index (χ4v) is 5.26. The molecule has 0 aliphatic rings. The Kier molecular flexibility index (Phi) is 4.51. The maximum Gasteiger partial charge on any atom is 0.171 e. The number of hydrogen-bond donors (Lipinski definition) is 0. The van der Waals surface area contributed by atoms with Gasteiger partial charge in [0.15, 0.2) is 5.65 Å². The van der Waals surface area contributed by atoms with E-state index in [0.29, 0.717) is 0 Å². The number of benzene rings is 3. The first kappa shape index (κ1) is 19.1. The monoisotopic (exact) mass is 434 g/mol. The first-order valence-corrected chi connectivity index (χ1v) is 11.5. The summed E-state index contributed by atoms with van der Waals surface area (Å²) >= 11 is 1.73. The number of aryl methyl sites for hydroxylation is 2. The second-order valence-corrected chi connectivity index (χ2v) is 9.23.